The highest BCUT2D eigenvalue weighted by Crippen LogP contribution is 2.38. The molecule has 0 aromatic carbocycles. The third-order valence-electron chi connectivity index (χ3n) is 3.09. The number of imidazole rings is 1. The molecule has 5 nitrogen and oxygen atoms in total. The molecule has 0 saturated heterocycles. The molecule has 0 unspecified atom stereocenters. The molecule has 0 amide bonds. The molecule has 0 atom stereocenters. The first-order chi connectivity index (χ1) is 8.70. The van der Waals surface area contributed by atoms with Crippen molar-refractivity contribution in [3.05, 3.63) is 22.7 Å². The van der Waals surface area contributed by atoms with E-state index < -0.39 is 0 Å². The van der Waals surface area contributed by atoms with Crippen molar-refractivity contribution in [2.45, 2.75) is 25.8 Å². The van der Waals surface area contributed by atoms with Gasteiger partial charge in [-0.15, -0.1) is 0 Å². The van der Waals surface area contributed by atoms with Crippen LogP contribution in [0.3, 0.4) is 0 Å². The van der Waals surface area contributed by atoms with Gasteiger partial charge in [-0.3, -0.25) is 0 Å². The third-order valence-corrected chi connectivity index (χ3v) is 4.04. The van der Waals surface area contributed by atoms with Crippen LogP contribution >= 0.6 is 15.9 Å². The Morgan fingerprint density at radius 2 is 2.17 bits per heavy atom. The van der Waals surface area contributed by atoms with Crippen molar-refractivity contribution in [1.82, 2.24) is 19.5 Å². The van der Waals surface area contributed by atoms with E-state index in [1.54, 1.807) is 0 Å². The number of anilines is 1. The summed E-state index contributed by atoms with van der Waals surface area (Å²) in [7, 11) is 1.86. The third kappa shape index (κ3) is 1.90. The maximum absolute atomic E-state index is 4.54. The van der Waals surface area contributed by atoms with Gasteiger partial charge in [0.15, 0.2) is 5.82 Å². The second-order valence-corrected chi connectivity index (χ2v) is 5.26. The lowest BCUT2D eigenvalue weighted by Crippen LogP contribution is -2.03. The summed E-state index contributed by atoms with van der Waals surface area (Å²) in [6, 6.07) is 0.577. The highest BCUT2D eigenvalue weighted by Gasteiger charge is 2.26. The van der Waals surface area contributed by atoms with Crippen LogP contribution in [0.2, 0.25) is 0 Å². The fourth-order valence-electron chi connectivity index (χ4n) is 1.96. The summed E-state index contributed by atoms with van der Waals surface area (Å²) < 4.78 is 3.08. The summed E-state index contributed by atoms with van der Waals surface area (Å²) >= 11 is 3.49. The average Bonchev–Trinajstić information content (AvgIpc) is 3.10. The van der Waals surface area contributed by atoms with E-state index in [4.69, 9.17) is 0 Å². The van der Waals surface area contributed by atoms with Crippen molar-refractivity contribution >= 4 is 21.7 Å². The van der Waals surface area contributed by atoms with Crippen LogP contribution < -0.4 is 5.32 Å². The van der Waals surface area contributed by atoms with E-state index in [0.29, 0.717) is 6.04 Å². The molecule has 0 spiro atoms. The van der Waals surface area contributed by atoms with Crippen LogP contribution in [0.5, 0.6) is 0 Å². The maximum atomic E-state index is 4.54. The van der Waals surface area contributed by atoms with Crippen LogP contribution in [0.4, 0.5) is 5.82 Å². The van der Waals surface area contributed by atoms with Gasteiger partial charge in [-0.1, -0.05) is 0 Å². The summed E-state index contributed by atoms with van der Waals surface area (Å²) in [5.41, 5.74) is 1.91. The second-order valence-electron chi connectivity index (χ2n) is 4.46. The summed E-state index contributed by atoms with van der Waals surface area (Å²) in [6.07, 6.45) is 6.14. The molecule has 1 aliphatic carbocycles. The van der Waals surface area contributed by atoms with Crippen molar-refractivity contribution < 1.29 is 0 Å². The molecule has 0 bridgehead atoms. The minimum absolute atomic E-state index is 0.577. The zero-order valence-electron chi connectivity index (χ0n) is 10.3. The number of rotatable bonds is 3. The Balaban J connectivity index is 2.10. The Hall–Kier alpha value is -1.43. The monoisotopic (exact) mass is 307 g/mol. The minimum Gasteiger partial charge on any atom is -0.372 e. The van der Waals surface area contributed by atoms with E-state index >= 15 is 0 Å². The lowest BCUT2D eigenvalue weighted by atomic mass is 10.3. The standard InChI is InChI=1S/C12H14BrN5/c1-7-10(13)12(14-2)17-11(16-7)9-5-15-6-18(9)8-3-4-8/h5-6,8H,3-4H2,1-2H3,(H,14,16,17). The highest BCUT2D eigenvalue weighted by atomic mass is 79.9. The van der Waals surface area contributed by atoms with Gasteiger partial charge in [-0.05, 0) is 35.7 Å². The van der Waals surface area contributed by atoms with Gasteiger partial charge in [0.25, 0.3) is 0 Å². The molecule has 2 aromatic heterocycles. The molecular weight excluding hydrogens is 294 g/mol. The normalized spacial score (nSPS) is 14.8. The first-order valence-corrected chi connectivity index (χ1v) is 6.74. The summed E-state index contributed by atoms with van der Waals surface area (Å²) in [6.45, 7) is 1.97. The number of nitrogens with zero attached hydrogens (tertiary/aromatic N) is 4. The molecule has 0 radical (unpaired) electrons. The molecule has 6 heteroatoms. The van der Waals surface area contributed by atoms with Gasteiger partial charge >= 0.3 is 0 Å². The molecular formula is C12H14BrN5. The number of hydrogen-bond acceptors (Lipinski definition) is 4. The zero-order chi connectivity index (χ0) is 12.7. The van der Waals surface area contributed by atoms with E-state index in [9.17, 15) is 0 Å². The molecule has 3 rings (SSSR count). The van der Waals surface area contributed by atoms with Crippen LogP contribution in [0.1, 0.15) is 24.6 Å². The van der Waals surface area contributed by atoms with E-state index in [1.165, 1.54) is 12.8 Å². The first kappa shape index (κ1) is 11.6. The Kier molecular flexibility index (Phi) is 2.81. The molecule has 1 N–H and O–H groups in total. The lowest BCUT2D eigenvalue weighted by molar-refractivity contribution is 0.742. The Morgan fingerprint density at radius 1 is 1.39 bits per heavy atom. The number of nitrogens with one attached hydrogen (secondary N) is 1. The summed E-state index contributed by atoms with van der Waals surface area (Å²) in [5, 5.41) is 3.08. The van der Waals surface area contributed by atoms with E-state index in [-0.39, 0.29) is 0 Å². The Labute approximate surface area is 114 Å². The fraction of sp³-hybridized carbons (Fsp3) is 0.417. The van der Waals surface area contributed by atoms with Crippen molar-refractivity contribution in [1.29, 1.82) is 0 Å². The first-order valence-electron chi connectivity index (χ1n) is 5.94. The molecule has 1 aliphatic rings. The van der Waals surface area contributed by atoms with Crippen LogP contribution in [0, 0.1) is 6.92 Å². The second kappa shape index (κ2) is 4.35. The molecule has 1 saturated carbocycles. The highest BCUT2D eigenvalue weighted by molar-refractivity contribution is 9.10. The van der Waals surface area contributed by atoms with E-state index in [0.717, 1.165) is 27.5 Å². The quantitative estimate of drug-likeness (QED) is 0.947. The molecule has 2 aromatic rings. The average molecular weight is 308 g/mol. The number of hydrogen-bond donors (Lipinski definition) is 1. The molecule has 1 fully saturated rings. The zero-order valence-corrected chi connectivity index (χ0v) is 11.9. The van der Waals surface area contributed by atoms with Crippen LogP contribution in [-0.4, -0.2) is 26.6 Å². The van der Waals surface area contributed by atoms with Gasteiger partial charge < -0.3 is 9.88 Å². The summed E-state index contributed by atoms with van der Waals surface area (Å²) in [4.78, 5) is 13.3. The van der Waals surface area contributed by atoms with E-state index in [2.05, 4.69) is 40.8 Å². The smallest absolute Gasteiger partial charge is 0.180 e. The number of halogens is 1. The molecule has 0 aliphatic heterocycles. The largest absolute Gasteiger partial charge is 0.372 e. The molecule has 2 heterocycles. The lowest BCUT2D eigenvalue weighted by Gasteiger charge is -2.10. The van der Waals surface area contributed by atoms with Gasteiger partial charge in [0.2, 0.25) is 0 Å². The van der Waals surface area contributed by atoms with Crippen molar-refractivity contribution in [3.8, 4) is 11.5 Å². The molecule has 94 valence electrons. The fourth-order valence-corrected chi connectivity index (χ4v) is 2.34. The van der Waals surface area contributed by atoms with Crippen LogP contribution in [0.15, 0.2) is 17.0 Å². The van der Waals surface area contributed by atoms with Crippen molar-refractivity contribution in [3.63, 3.8) is 0 Å². The van der Waals surface area contributed by atoms with Crippen LogP contribution in [0.25, 0.3) is 11.5 Å². The number of aryl methyl sites for hydroxylation is 1. The van der Waals surface area contributed by atoms with Gasteiger partial charge in [0, 0.05) is 13.1 Å². The number of aromatic nitrogens is 4. The van der Waals surface area contributed by atoms with Gasteiger partial charge in [0.1, 0.15) is 11.5 Å². The minimum atomic E-state index is 0.577. The predicted octanol–water partition coefficient (Wildman–Crippen LogP) is 2.79. The van der Waals surface area contributed by atoms with Crippen molar-refractivity contribution in [2.75, 3.05) is 12.4 Å². The van der Waals surface area contributed by atoms with Gasteiger partial charge in [0.05, 0.1) is 22.7 Å². The van der Waals surface area contributed by atoms with E-state index in [1.807, 2.05) is 26.5 Å². The summed E-state index contributed by atoms with van der Waals surface area (Å²) in [5.74, 6) is 1.53. The SMILES string of the molecule is CNc1nc(-c2cncn2C2CC2)nc(C)c1Br. The van der Waals surface area contributed by atoms with Gasteiger partial charge in [-0.2, -0.15) is 0 Å². The maximum Gasteiger partial charge on any atom is 0.180 e. The topological polar surface area (TPSA) is 55.6 Å². The predicted molar refractivity (Wildman–Crippen MR) is 73.5 cm³/mol. The van der Waals surface area contributed by atoms with Crippen LogP contribution in [-0.2, 0) is 0 Å². The Bertz CT molecular complexity index is 588. The van der Waals surface area contributed by atoms with Gasteiger partial charge in [-0.25, -0.2) is 15.0 Å². The Morgan fingerprint density at radius 3 is 2.83 bits per heavy atom. The van der Waals surface area contributed by atoms with Crippen molar-refractivity contribution in [2.24, 2.45) is 0 Å². The molecule has 18 heavy (non-hydrogen) atoms.